The molecule has 3 rings (SSSR count). The van der Waals surface area contributed by atoms with Crippen LogP contribution in [-0.4, -0.2) is 5.60 Å². The Morgan fingerprint density at radius 2 is 1.89 bits per heavy atom. The number of aryl methyl sites for hydroxylation is 2. The number of hydrogen-bond donors (Lipinski definition) is 0. The molecule has 0 saturated carbocycles. The maximum Gasteiger partial charge on any atom is 0.336 e. The minimum absolute atomic E-state index is 0.170. The fourth-order valence-electron chi connectivity index (χ4n) is 2.82. The van der Waals surface area contributed by atoms with E-state index in [0.29, 0.717) is 5.58 Å². The van der Waals surface area contributed by atoms with Crippen LogP contribution >= 0.6 is 0 Å². The second-order valence-electron chi connectivity index (χ2n) is 5.98. The van der Waals surface area contributed by atoms with E-state index in [-0.39, 0.29) is 11.2 Å². The van der Waals surface area contributed by atoms with Crippen molar-refractivity contribution in [3.63, 3.8) is 0 Å². The summed E-state index contributed by atoms with van der Waals surface area (Å²) in [4.78, 5) is 11.5. The van der Waals surface area contributed by atoms with Gasteiger partial charge < -0.3 is 9.15 Å². The molecule has 0 N–H and O–H groups in total. The number of ether oxygens (including phenoxy) is 1. The molecule has 2 aromatic rings. The van der Waals surface area contributed by atoms with Gasteiger partial charge in [0.05, 0.1) is 5.39 Å². The van der Waals surface area contributed by atoms with Crippen molar-refractivity contribution in [2.75, 3.05) is 0 Å². The molecule has 0 radical (unpaired) electrons. The maximum absolute atomic E-state index is 11.5. The van der Waals surface area contributed by atoms with Crippen molar-refractivity contribution in [1.82, 2.24) is 0 Å². The lowest BCUT2D eigenvalue weighted by Crippen LogP contribution is -2.33. The summed E-state index contributed by atoms with van der Waals surface area (Å²) in [5.41, 5.74) is 3.44. The van der Waals surface area contributed by atoms with E-state index in [0.717, 1.165) is 35.1 Å². The average molecular weight is 258 g/mol. The fraction of sp³-hybridized carbons (Fsp3) is 0.438. The molecule has 0 unspecified atom stereocenters. The zero-order chi connectivity index (χ0) is 13.8. The molecule has 0 spiro atoms. The molecule has 1 aliphatic rings. The van der Waals surface area contributed by atoms with E-state index >= 15 is 0 Å². The van der Waals surface area contributed by atoms with E-state index in [2.05, 4.69) is 13.8 Å². The second kappa shape index (κ2) is 3.86. The maximum atomic E-state index is 11.5. The minimum Gasteiger partial charge on any atom is -0.487 e. The first kappa shape index (κ1) is 12.3. The standard InChI is InChI=1S/C16H18O3/c1-9-7-12-14(10(2)8-13(17)18-12)15-11(9)5-6-16(3,4)19-15/h7-8H,5-6H2,1-4H3. The van der Waals surface area contributed by atoms with Gasteiger partial charge >= 0.3 is 5.63 Å². The normalized spacial score (nSPS) is 17.1. The quantitative estimate of drug-likeness (QED) is 0.679. The van der Waals surface area contributed by atoms with Crippen LogP contribution in [0.1, 0.15) is 37.0 Å². The lowest BCUT2D eigenvalue weighted by atomic mass is 9.90. The molecule has 19 heavy (non-hydrogen) atoms. The number of hydrogen-bond acceptors (Lipinski definition) is 3. The predicted octanol–water partition coefficient (Wildman–Crippen LogP) is 3.51. The molecule has 0 atom stereocenters. The Hall–Kier alpha value is -1.77. The molecular weight excluding hydrogens is 240 g/mol. The molecule has 3 nitrogen and oxygen atoms in total. The monoisotopic (exact) mass is 258 g/mol. The first-order valence-electron chi connectivity index (χ1n) is 6.63. The van der Waals surface area contributed by atoms with Crippen molar-refractivity contribution in [2.24, 2.45) is 0 Å². The van der Waals surface area contributed by atoms with E-state index in [1.165, 1.54) is 11.6 Å². The van der Waals surface area contributed by atoms with E-state index in [9.17, 15) is 4.79 Å². The highest BCUT2D eigenvalue weighted by molar-refractivity contribution is 5.89. The van der Waals surface area contributed by atoms with Crippen LogP contribution in [0.5, 0.6) is 5.75 Å². The van der Waals surface area contributed by atoms with Crippen LogP contribution in [-0.2, 0) is 6.42 Å². The van der Waals surface area contributed by atoms with Crippen LogP contribution in [0.25, 0.3) is 11.0 Å². The van der Waals surface area contributed by atoms with E-state index < -0.39 is 0 Å². The van der Waals surface area contributed by atoms with Crippen LogP contribution in [0.2, 0.25) is 0 Å². The Bertz CT molecular complexity index is 723. The Morgan fingerprint density at radius 3 is 2.63 bits per heavy atom. The van der Waals surface area contributed by atoms with Crippen molar-refractivity contribution in [1.29, 1.82) is 0 Å². The molecule has 0 fully saturated rings. The van der Waals surface area contributed by atoms with E-state index in [4.69, 9.17) is 9.15 Å². The Labute approximate surface area is 112 Å². The zero-order valence-electron chi connectivity index (χ0n) is 11.8. The van der Waals surface area contributed by atoms with Crippen molar-refractivity contribution in [2.45, 2.75) is 46.1 Å². The molecule has 2 heterocycles. The molecule has 0 aliphatic carbocycles. The van der Waals surface area contributed by atoms with Gasteiger partial charge in [-0.3, -0.25) is 0 Å². The predicted molar refractivity (Wildman–Crippen MR) is 75.0 cm³/mol. The first-order chi connectivity index (χ1) is 8.87. The zero-order valence-corrected chi connectivity index (χ0v) is 11.8. The van der Waals surface area contributed by atoms with E-state index in [1.54, 1.807) is 0 Å². The minimum atomic E-state index is -0.306. The molecule has 1 aliphatic heterocycles. The van der Waals surface area contributed by atoms with Crippen LogP contribution in [0.3, 0.4) is 0 Å². The van der Waals surface area contributed by atoms with Gasteiger partial charge in [-0.15, -0.1) is 0 Å². The highest BCUT2D eigenvalue weighted by atomic mass is 16.5. The molecule has 0 bridgehead atoms. The fourth-order valence-corrected chi connectivity index (χ4v) is 2.82. The van der Waals surface area contributed by atoms with Crippen molar-refractivity contribution in [3.05, 3.63) is 39.2 Å². The van der Waals surface area contributed by atoms with Crippen LogP contribution < -0.4 is 10.4 Å². The summed E-state index contributed by atoms with van der Waals surface area (Å²) in [6, 6.07) is 3.48. The summed E-state index contributed by atoms with van der Waals surface area (Å²) in [6.45, 7) is 8.17. The van der Waals surface area contributed by atoms with Gasteiger partial charge in [-0.1, -0.05) is 0 Å². The topological polar surface area (TPSA) is 39.4 Å². The summed E-state index contributed by atoms with van der Waals surface area (Å²) in [5.74, 6) is 0.896. The highest BCUT2D eigenvalue weighted by Gasteiger charge is 2.30. The smallest absolute Gasteiger partial charge is 0.336 e. The van der Waals surface area contributed by atoms with Crippen LogP contribution in [0.4, 0.5) is 0 Å². The number of rotatable bonds is 0. The number of benzene rings is 1. The summed E-state index contributed by atoms with van der Waals surface area (Å²) in [5, 5.41) is 0.938. The molecule has 0 saturated heterocycles. The second-order valence-corrected chi connectivity index (χ2v) is 5.98. The lowest BCUT2D eigenvalue weighted by molar-refractivity contribution is 0.0865. The third-order valence-electron chi connectivity index (χ3n) is 3.87. The molecule has 3 heteroatoms. The van der Waals surface area contributed by atoms with Gasteiger partial charge in [-0.2, -0.15) is 0 Å². The Morgan fingerprint density at radius 1 is 1.16 bits per heavy atom. The van der Waals surface area contributed by atoms with Gasteiger partial charge in [-0.05, 0) is 63.3 Å². The summed E-state index contributed by atoms with van der Waals surface area (Å²) in [7, 11) is 0. The summed E-state index contributed by atoms with van der Waals surface area (Å²) < 4.78 is 11.5. The molecule has 0 amide bonds. The molecule has 1 aromatic heterocycles. The van der Waals surface area contributed by atoms with Gasteiger partial charge in [0.1, 0.15) is 16.9 Å². The lowest BCUT2D eigenvalue weighted by Gasteiger charge is -2.34. The Kier molecular flexibility index (Phi) is 2.49. The average Bonchev–Trinajstić information content (AvgIpc) is 2.25. The van der Waals surface area contributed by atoms with E-state index in [1.807, 2.05) is 19.9 Å². The summed E-state index contributed by atoms with van der Waals surface area (Å²) in [6.07, 6.45) is 2.00. The Balaban J connectivity index is 2.41. The highest BCUT2D eigenvalue weighted by Crippen LogP contribution is 2.41. The summed E-state index contributed by atoms with van der Waals surface area (Å²) >= 11 is 0. The van der Waals surface area contributed by atoms with Crippen LogP contribution in [0, 0.1) is 13.8 Å². The molecular formula is C16H18O3. The van der Waals surface area contributed by atoms with Gasteiger partial charge in [0, 0.05) is 6.07 Å². The first-order valence-corrected chi connectivity index (χ1v) is 6.63. The van der Waals surface area contributed by atoms with Crippen LogP contribution in [0.15, 0.2) is 21.3 Å². The van der Waals surface area contributed by atoms with Crippen molar-refractivity contribution in [3.8, 4) is 5.75 Å². The van der Waals surface area contributed by atoms with Gasteiger partial charge in [0.25, 0.3) is 0 Å². The third kappa shape index (κ3) is 1.93. The van der Waals surface area contributed by atoms with Crippen molar-refractivity contribution >= 4 is 11.0 Å². The SMILES string of the molecule is Cc1cc2oc(=O)cc(C)c2c2c1CCC(C)(C)O2. The van der Waals surface area contributed by atoms with Gasteiger partial charge in [0.2, 0.25) is 0 Å². The number of fused-ring (bicyclic) bond motifs is 3. The molecule has 100 valence electrons. The third-order valence-corrected chi connectivity index (χ3v) is 3.87. The van der Waals surface area contributed by atoms with Crippen molar-refractivity contribution < 1.29 is 9.15 Å². The largest absolute Gasteiger partial charge is 0.487 e. The van der Waals surface area contributed by atoms with Gasteiger partial charge in [-0.25, -0.2) is 4.79 Å². The van der Waals surface area contributed by atoms with Gasteiger partial charge in [0.15, 0.2) is 0 Å². The molecule has 1 aromatic carbocycles.